The number of carbonyl (C=O) groups excluding carboxylic acids is 1. The molecular weight excluding hydrogens is 312 g/mol. The van der Waals surface area contributed by atoms with E-state index in [1.807, 2.05) is 60.7 Å². The minimum absolute atomic E-state index is 0.0428. The van der Waals surface area contributed by atoms with Crippen LogP contribution in [0.2, 0.25) is 0 Å². The van der Waals surface area contributed by atoms with Gasteiger partial charge in [0.15, 0.2) is 0 Å². The Balaban J connectivity index is 1.41. The number of nitrogens with zero attached hydrogens (tertiary/aromatic N) is 4. The highest BCUT2D eigenvalue weighted by Crippen LogP contribution is 2.22. The maximum absolute atomic E-state index is 12.8. The van der Waals surface area contributed by atoms with Gasteiger partial charge < -0.3 is 9.47 Å². The van der Waals surface area contributed by atoms with Crippen LogP contribution in [0.15, 0.2) is 48.8 Å². The van der Waals surface area contributed by atoms with E-state index in [4.69, 9.17) is 0 Å². The lowest BCUT2D eigenvalue weighted by Crippen LogP contribution is -2.39. The van der Waals surface area contributed by atoms with Crippen molar-refractivity contribution in [3.05, 3.63) is 60.3 Å². The molecule has 4 rings (SSSR count). The van der Waals surface area contributed by atoms with Gasteiger partial charge in [-0.15, -0.1) is 0 Å². The Morgan fingerprint density at radius 2 is 1.96 bits per heavy atom. The molecule has 0 aliphatic carbocycles. The molecular formula is C20H22N4O. The highest BCUT2D eigenvalue weighted by Gasteiger charge is 2.25. The van der Waals surface area contributed by atoms with Crippen molar-refractivity contribution < 1.29 is 4.79 Å². The van der Waals surface area contributed by atoms with Gasteiger partial charge in [-0.05, 0) is 30.9 Å². The first-order chi connectivity index (χ1) is 12.2. The number of aromatic nitrogens is 3. The number of rotatable bonds is 3. The highest BCUT2D eigenvalue weighted by atomic mass is 16.2. The van der Waals surface area contributed by atoms with E-state index >= 15 is 0 Å². The number of benzene rings is 1. The number of amides is 1. The zero-order chi connectivity index (χ0) is 17.2. The molecule has 1 aliphatic rings. The van der Waals surface area contributed by atoms with Gasteiger partial charge in [-0.25, -0.2) is 9.97 Å². The maximum atomic E-state index is 12.8. The molecule has 3 heterocycles. The third-order valence-corrected chi connectivity index (χ3v) is 5.11. The molecule has 5 nitrogen and oxygen atoms in total. The Morgan fingerprint density at radius 1 is 1.16 bits per heavy atom. The summed E-state index contributed by atoms with van der Waals surface area (Å²) in [5.74, 6) is 1.76. The van der Waals surface area contributed by atoms with Gasteiger partial charge in [0.05, 0.1) is 5.52 Å². The van der Waals surface area contributed by atoms with Crippen LogP contribution in [0.4, 0.5) is 0 Å². The molecule has 0 unspecified atom stereocenters. The van der Waals surface area contributed by atoms with Gasteiger partial charge in [0.25, 0.3) is 5.91 Å². The van der Waals surface area contributed by atoms with Gasteiger partial charge in [0, 0.05) is 44.3 Å². The summed E-state index contributed by atoms with van der Waals surface area (Å²) in [6, 6.07) is 11.7. The number of para-hydroxylation sites is 1. The molecule has 3 aromatic rings. The monoisotopic (exact) mass is 334 g/mol. The average molecular weight is 334 g/mol. The normalized spacial score (nSPS) is 15.6. The van der Waals surface area contributed by atoms with Crippen LogP contribution >= 0.6 is 0 Å². The smallest absolute Gasteiger partial charge is 0.272 e. The lowest BCUT2D eigenvalue weighted by molar-refractivity contribution is 0.0684. The van der Waals surface area contributed by atoms with Crippen LogP contribution in [0, 0.1) is 5.92 Å². The van der Waals surface area contributed by atoms with E-state index in [1.54, 1.807) is 0 Å². The van der Waals surface area contributed by atoms with Gasteiger partial charge in [0.1, 0.15) is 11.5 Å². The number of fused-ring (bicyclic) bond motifs is 1. The van der Waals surface area contributed by atoms with E-state index in [1.165, 1.54) is 0 Å². The van der Waals surface area contributed by atoms with Crippen molar-refractivity contribution in [2.75, 3.05) is 13.1 Å². The van der Waals surface area contributed by atoms with Crippen molar-refractivity contribution in [1.29, 1.82) is 0 Å². The average Bonchev–Trinajstić information content (AvgIpc) is 3.06. The molecule has 2 aromatic heterocycles. The molecule has 0 atom stereocenters. The second kappa shape index (κ2) is 6.67. The summed E-state index contributed by atoms with van der Waals surface area (Å²) < 4.78 is 2.08. The topological polar surface area (TPSA) is 51.0 Å². The van der Waals surface area contributed by atoms with Crippen LogP contribution in [-0.4, -0.2) is 38.4 Å². The zero-order valence-electron chi connectivity index (χ0n) is 14.4. The largest absolute Gasteiger partial charge is 0.338 e. The molecule has 5 heteroatoms. The van der Waals surface area contributed by atoms with Gasteiger partial charge in [0.2, 0.25) is 0 Å². The van der Waals surface area contributed by atoms with Gasteiger partial charge >= 0.3 is 0 Å². The van der Waals surface area contributed by atoms with E-state index in [9.17, 15) is 4.79 Å². The summed E-state index contributed by atoms with van der Waals surface area (Å²) in [7, 11) is 2.03. The fraction of sp³-hybridized carbons (Fsp3) is 0.350. The van der Waals surface area contributed by atoms with E-state index < -0.39 is 0 Å². The Labute approximate surface area is 147 Å². The number of aryl methyl sites for hydroxylation is 1. The van der Waals surface area contributed by atoms with Crippen molar-refractivity contribution in [3.8, 4) is 0 Å². The minimum atomic E-state index is 0.0428. The molecule has 1 aliphatic heterocycles. The van der Waals surface area contributed by atoms with Crippen molar-refractivity contribution in [2.24, 2.45) is 13.0 Å². The Bertz CT molecular complexity index is 893. The van der Waals surface area contributed by atoms with Crippen molar-refractivity contribution in [3.63, 3.8) is 0 Å². The first-order valence-corrected chi connectivity index (χ1v) is 8.82. The molecule has 0 saturated carbocycles. The number of likely N-dealkylation sites (tertiary alicyclic amines) is 1. The first-order valence-electron chi connectivity index (χ1n) is 8.82. The first kappa shape index (κ1) is 15.8. The number of hydrogen-bond donors (Lipinski definition) is 0. The Hall–Kier alpha value is -2.69. The number of piperidine rings is 1. The van der Waals surface area contributed by atoms with Crippen LogP contribution in [0.3, 0.4) is 0 Å². The second-order valence-electron chi connectivity index (χ2n) is 6.78. The van der Waals surface area contributed by atoms with Crippen molar-refractivity contribution >= 4 is 16.8 Å². The van der Waals surface area contributed by atoms with Gasteiger partial charge in [-0.2, -0.15) is 0 Å². The molecule has 1 amide bonds. The third kappa shape index (κ3) is 3.27. The van der Waals surface area contributed by atoms with E-state index in [2.05, 4.69) is 14.5 Å². The number of carbonyl (C=O) groups is 1. The molecule has 1 fully saturated rings. The molecule has 25 heavy (non-hydrogen) atoms. The Kier molecular flexibility index (Phi) is 4.22. The second-order valence-corrected chi connectivity index (χ2v) is 6.78. The SMILES string of the molecule is Cn1ccnc1CC1CCN(C(=O)c2ccc3ccccc3n2)CC1. The molecule has 128 valence electrons. The minimum Gasteiger partial charge on any atom is -0.338 e. The number of hydrogen-bond acceptors (Lipinski definition) is 3. The number of pyridine rings is 1. The maximum Gasteiger partial charge on any atom is 0.272 e. The quantitative estimate of drug-likeness (QED) is 0.740. The lowest BCUT2D eigenvalue weighted by Gasteiger charge is -2.31. The summed E-state index contributed by atoms with van der Waals surface area (Å²) in [6.45, 7) is 1.59. The van der Waals surface area contributed by atoms with Crippen molar-refractivity contribution in [2.45, 2.75) is 19.3 Å². The summed E-state index contributed by atoms with van der Waals surface area (Å²) in [5, 5.41) is 1.06. The summed E-state index contributed by atoms with van der Waals surface area (Å²) >= 11 is 0. The van der Waals surface area contributed by atoms with E-state index in [0.717, 1.165) is 49.1 Å². The van der Waals surface area contributed by atoms with E-state index in [-0.39, 0.29) is 5.91 Å². The predicted octanol–water partition coefficient (Wildman–Crippen LogP) is 3.06. The summed E-state index contributed by atoms with van der Waals surface area (Å²) in [4.78, 5) is 23.7. The van der Waals surface area contributed by atoms with Crippen molar-refractivity contribution in [1.82, 2.24) is 19.4 Å². The Morgan fingerprint density at radius 3 is 2.72 bits per heavy atom. The lowest BCUT2D eigenvalue weighted by atomic mass is 9.93. The standard InChI is InChI=1S/C20H22N4O/c1-23-13-10-21-19(23)14-15-8-11-24(12-9-15)20(25)18-7-6-16-4-2-3-5-17(16)22-18/h2-7,10,13,15H,8-9,11-12,14H2,1H3. The van der Waals surface area contributed by atoms with Crippen LogP contribution in [0.25, 0.3) is 10.9 Å². The molecule has 0 radical (unpaired) electrons. The van der Waals surface area contributed by atoms with Crippen LogP contribution in [0.5, 0.6) is 0 Å². The molecule has 1 saturated heterocycles. The van der Waals surface area contributed by atoms with Crippen LogP contribution in [0.1, 0.15) is 29.2 Å². The summed E-state index contributed by atoms with van der Waals surface area (Å²) in [6.07, 6.45) is 6.86. The summed E-state index contributed by atoms with van der Waals surface area (Å²) in [5.41, 5.74) is 1.42. The molecule has 0 spiro atoms. The fourth-order valence-corrected chi connectivity index (χ4v) is 3.54. The molecule has 1 aromatic carbocycles. The van der Waals surface area contributed by atoms with Gasteiger partial charge in [-0.3, -0.25) is 4.79 Å². The third-order valence-electron chi connectivity index (χ3n) is 5.11. The van der Waals surface area contributed by atoms with Gasteiger partial charge in [-0.1, -0.05) is 24.3 Å². The van der Waals surface area contributed by atoms with Crippen LogP contribution in [-0.2, 0) is 13.5 Å². The van der Waals surface area contributed by atoms with E-state index in [0.29, 0.717) is 11.6 Å². The highest BCUT2D eigenvalue weighted by molar-refractivity contribution is 5.94. The fourth-order valence-electron chi connectivity index (χ4n) is 3.54. The zero-order valence-corrected chi connectivity index (χ0v) is 14.4. The molecule has 0 N–H and O–H groups in total. The predicted molar refractivity (Wildman–Crippen MR) is 97.3 cm³/mol. The van der Waals surface area contributed by atoms with Crippen LogP contribution < -0.4 is 0 Å². The number of imidazole rings is 1. The molecule has 0 bridgehead atoms.